The average molecular weight is 472 g/mol. The van der Waals surface area contributed by atoms with Gasteiger partial charge < -0.3 is 15.2 Å². The summed E-state index contributed by atoms with van der Waals surface area (Å²) in [4.78, 5) is 4.71. The molecule has 1 aliphatic carbocycles. The van der Waals surface area contributed by atoms with Crippen LogP contribution in [-0.2, 0) is 20.1 Å². The zero-order valence-electron chi connectivity index (χ0n) is 15.6. The van der Waals surface area contributed by atoms with Gasteiger partial charge in [-0.25, -0.2) is 4.99 Å². The lowest BCUT2D eigenvalue weighted by atomic mass is 10.2. The van der Waals surface area contributed by atoms with Crippen LogP contribution >= 0.6 is 24.0 Å². The second kappa shape index (κ2) is 10.5. The van der Waals surface area contributed by atoms with Crippen LogP contribution in [0.1, 0.15) is 43.8 Å². The maximum absolute atomic E-state index is 4.71. The maximum Gasteiger partial charge on any atom is 0.191 e. The van der Waals surface area contributed by atoms with Gasteiger partial charge in [-0.15, -0.1) is 34.2 Å². The highest BCUT2D eigenvalue weighted by molar-refractivity contribution is 14.0. The fourth-order valence-electron chi connectivity index (χ4n) is 3.04. The molecule has 8 nitrogen and oxygen atoms in total. The van der Waals surface area contributed by atoms with Gasteiger partial charge in [-0.2, -0.15) is 5.10 Å². The Bertz CT molecular complexity index is 673. The standard InChI is InChI=1S/C17H28N8.HI/c1-14-22-23-16(24(14)2)13-19-17(21-15-7-3-4-8-15)18-9-5-11-25-12-6-10-20-25;/h6,10,12,15H,3-5,7-9,11,13H2,1-2H3,(H2,18,19,21);1H. The van der Waals surface area contributed by atoms with Crippen LogP contribution < -0.4 is 10.6 Å². The molecule has 2 aromatic rings. The summed E-state index contributed by atoms with van der Waals surface area (Å²) in [7, 11) is 1.97. The summed E-state index contributed by atoms with van der Waals surface area (Å²) in [5.74, 6) is 2.65. The highest BCUT2D eigenvalue weighted by Crippen LogP contribution is 2.17. The third kappa shape index (κ3) is 5.96. The van der Waals surface area contributed by atoms with Gasteiger partial charge in [-0.05, 0) is 32.3 Å². The summed E-state index contributed by atoms with van der Waals surface area (Å²) in [6.45, 7) is 4.24. The average Bonchev–Trinajstić information content (AvgIpc) is 3.35. The number of halogens is 1. The number of nitrogens with one attached hydrogen (secondary N) is 2. The molecule has 26 heavy (non-hydrogen) atoms. The second-order valence-electron chi connectivity index (χ2n) is 6.56. The van der Waals surface area contributed by atoms with Crippen molar-refractivity contribution in [2.45, 2.75) is 58.2 Å². The largest absolute Gasteiger partial charge is 0.356 e. The van der Waals surface area contributed by atoms with Gasteiger partial charge in [0.25, 0.3) is 0 Å². The molecule has 1 saturated carbocycles. The number of hydrogen-bond acceptors (Lipinski definition) is 4. The minimum absolute atomic E-state index is 0. The predicted molar refractivity (Wildman–Crippen MR) is 113 cm³/mol. The Morgan fingerprint density at radius 3 is 2.77 bits per heavy atom. The molecule has 0 saturated heterocycles. The third-order valence-corrected chi connectivity index (χ3v) is 4.67. The first-order chi connectivity index (χ1) is 12.2. The molecular weight excluding hydrogens is 443 g/mol. The smallest absolute Gasteiger partial charge is 0.191 e. The Morgan fingerprint density at radius 1 is 1.31 bits per heavy atom. The second-order valence-corrected chi connectivity index (χ2v) is 6.56. The molecule has 1 fully saturated rings. The molecule has 9 heteroatoms. The SMILES string of the molecule is Cc1nnc(CN=C(NCCCn2cccn2)NC2CCCC2)n1C.I. The van der Waals surface area contributed by atoms with Crippen LogP contribution in [0.25, 0.3) is 0 Å². The summed E-state index contributed by atoms with van der Waals surface area (Å²) < 4.78 is 3.93. The monoisotopic (exact) mass is 472 g/mol. The molecule has 2 heterocycles. The van der Waals surface area contributed by atoms with Crippen molar-refractivity contribution in [3.05, 3.63) is 30.1 Å². The van der Waals surface area contributed by atoms with Crippen molar-refractivity contribution in [2.75, 3.05) is 6.54 Å². The van der Waals surface area contributed by atoms with E-state index < -0.39 is 0 Å². The van der Waals surface area contributed by atoms with Crippen molar-refractivity contribution in [2.24, 2.45) is 12.0 Å². The minimum atomic E-state index is 0. The van der Waals surface area contributed by atoms with Crippen LogP contribution in [0.4, 0.5) is 0 Å². The molecule has 0 atom stereocenters. The Hall–Kier alpha value is -1.65. The third-order valence-electron chi connectivity index (χ3n) is 4.67. The zero-order chi connectivity index (χ0) is 17.5. The van der Waals surface area contributed by atoms with Gasteiger partial charge in [0.15, 0.2) is 11.8 Å². The minimum Gasteiger partial charge on any atom is -0.356 e. The van der Waals surface area contributed by atoms with E-state index in [9.17, 15) is 0 Å². The molecule has 2 N–H and O–H groups in total. The van der Waals surface area contributed by atoms with E-state index in [1.807, 2.05) is 41.7 Å². The predicted octanol–water partition coefficient (Wildman–Crippen LogP) is 2.01. The lowest BCUT2D eigenvalue weighted by Gasteiger charge is -2.17. The molecule has 0 bridgehead atoms. The molecule has 0 unspecified atom stereocenters. The van der Waals surface area contributed by atoms with Gasteiger partial charge >= 0.3 is 0 Å². The molecule has 144 valence electrons. The number of guanidine groups is 1. The summed E-state index contributed by atoms with van der Waals surface area (Å²) in [6, 6.07) is 2.48. The molecule has 0 amide bonds. The van der Waals surface area contributed by atoms with Crippen LogP contribution in [-0.4, -0.2) is 43.1 Å². The van der Waals surface area contributed by atoms with Crippen molar-refractivity contribution >= 4 is 29.9 Å². The van der Waals surface area contributed by atoms with Gasteiger partial charge in [0.1, 0.15) is 12.4 Å². The lowest BCUT2D eigenvalue weighted by molar-refractivity contribution is 0.561. The van der Waals surface area contributed by atoms with Gasteiger partial charge in [-0.3, -0.25) is 4.68 Å². The fraction of sp³-hybridized carbons (Fsp3) is 0.647. The van der Waals surface area contributed by atoms with Crippen LogP contribution in [0.15, 0.2) is 23.5 Å². The van der Waals surface area contributed by atoms with Crippen LogP contribution in [0, 0.1) is 6.92 Å². The van der Waals surface area contributed by atoms with Crippen LogP contribution in [0.2, 0.25) is 0 Å². The maximum atomic E-state index is 4.71. The van der Waals surface area contributed by atoms with E-state index in [2.05, 4.69) is 25.9 Å². The first-order valence-electron chi connectivity index (χ1n) is 9.09. The van der Waals surface area contributed by atoms with E-state index in [4.69, 9.17) is 4.99 Å². The summed E-state index contributed by atoms with van der Waals surface area (Å²) >= 11 is 0. The molecule has 0 spiro atoms. The quantitative estimate of drug-likeness (QED) is 0.279. The number of hydrogen-bond donors (Lipinski definition) is 2. The first-order valence-corrected chi connectivity index (χ1v) is 9.09. The Morgan fingerprint density at radius 2 is 2.12 bits per heavy atom. The Labute approximate surface area is 171 Å². The van der Waals surface area contributed by atoms with E-state index in [1.165, 1.54) is 25.7 Å². The van der Waals surface area contributed by atoms with E-state index in [0.717, 1.165) is 37.1 Å². The fourth-order valence-corrected chi connectivity index (χ4v) is 3.04. The number of aryl methyl sites for hydroxylation is 2. The van der Waals surface area contributed by atoms with Crippen molar-refractivity contribution in [3.8, 4) is 0 Å². The number of rotatable bonds is 7. The van der Waals surface area contributed by atoms with Gasteiger partial charge in [0.05, 0.1) is 0 Å². The topological polar surface area (TPSA) is 85.0 Å². The molecule has 0 aliphatic heterocycles. The van der Waals surface area contributed by atoms with Crippen LogP contribution in [0.5, 0.6) is 0 Å². The number of aromatic nitrogens is 5. The van der Waals surface area contributed by atoms with E-state index >= 15 is 0 Å². The summed E-state index contributed by atoms with van der Waals surface area (Å²) in [5, 5.41) is 19.5. The van der Waals surface area contributed by atoms with E-state index in [0.29, 0.717) is 12.6 Å². The van der Waals surface area contributed by atoms with Crippen molar-refractivity contribution in [1.29, 1.82) is 0 Å². The van der Waals surface area contributed by atoms with Crippen molar-refractivity contribution < 1.29 is 0 Å². The van der Waals surface area contributed by atoms with Crippen LogP contribution in [0.3, 0.4) is 0 Å². The normalized spacial score (nSPS) is 15.1. The molecule has 0 aromatic carbocycles. The van der Waals surface area contributed by atoms with E-state index in [-0.39, 0.29) is 24.0 Å². The lowest BCUT2D eigenvalue weighted by Crippen LogP contribution is -2.43. The van der Waals surface area contributed by atoms with Gasteiger partial charge in [0, 0.05) is 38.6 Å². The van der Waals surface area contributed by atoms with E-state index in [1.54, 1.807) is 0 Å². The number of nitrogens with zero attached hydrogens (tertiary/aromatic N) is 6. The highest BCUT2D eigenvalue weighted by atomic mass is 127. The summed E-state index contributed by atoms with van der Waals surface area (Å²) in [5.41, 5.74) is 0. The zero-order valence-corrected chi connectivity index (χ0v) is 17.9. The van der Waals surface area contributed by atoms with Crippen molar-refractivity contribution in [3.63, 3.8) is 0 Å². The number of aliphatic imine (C=N–C) groups is 1. The van der Waals surface area contributed by atoms with Gasteiger partial charge in [-0.1, -0.05) is 12.8 Å². The van der Waals surface area contributed by atoms with Gasteiger partial charge in [0.2, 0.25) is 0 Å². The molecule has 1 aliphatic rings. The molecule has 3 rings (SSSR count). The first kappa shape index (κ1) is 20.7. The highest BCUT2D eigenvalue weighted by Gasteiger charge is 2.16. The Balaban J connectivity index is 0.00000243. The summed E-state index contributed by atoms with van der Waals surface area (Å²) in [6.07, 6.45) is 9.83. The van der Waals surface area contributed by atoms with Crippen molar-refractivity contribution in [1.82, 2.24) is 35.2 Å². The molecule has 0 radical (unpaired) electrons. The molecular formula is C17H29IN8. The molecule has 2 aromatic heterocycles. The Kier molecular flexibility index (Phi) is 8.33.